The van der Waals surface area contributed by atoms with E-state index in [1.54, 1.807) is 36.1 Å². The first kappa shape index (κ1) is 22.1. The minimum absolute atomic E-state index is 0.107. The molecule has 2 heterocycles. The van der Waals surface area contributed by atoms with Crippen LogP contribution < -0.4 is 15.6 Å². The second-order valence-electron chi connectivity index (χ2n) is 8.17. The third-order valence-corrected chi connectivity index (χ3v) is 5.46. The molecule has 4 rings (SSSR count). The molecule has 0 unspecified atom stereocenters. The third kappa shape index (κ3) is 4.72. The van der Waals surface area contributed by atoms with Crippen molar-refractivity contribution in [2.45, 2.75) is 26.7 Å². The molecule has 0 spiro atoms. The molecule has 0 aliphatic carbocycles. The second-order valence-corrected chi connectivity index (χ2v) is 8.17. The van der Waals surface area contributed by atoms with Gasteiger partial charge in [0.05, 0.1) is 11.4 Å². The highest BCUT2D eigenvalue weighted by Gasteiger charge is 2.20. The molecular formula is C26H26N4O3. The fourth-order valence-corrected chi connectivity index (χ4v) is 3.56. The lowest BCUT2D eigenvalue weighted by Gasteiger charge is -2.11. The molecule has 4 aromatic rings. The van der Waals surface area contributed by atoms with E-state index in [0.29, 0.717) is 23.2 Å². The number of anilines is 1. The van der Waals surface area contributed by atoms with Crippen LogP contribution in [0.25, 0.3) is 16.9 Å². The van der Waals surface area contributed by atoms with Crippen LogP contribution in [0.4, 0.5) is 10.6 Å². The number of hydrogen-bond donors (Lipinski definition) is 1. The van der Waals surface area contributed by atoms with Crippen LogP contribution in [0.5, 0.6) is 5.75 Å². The molecule has 0 fully saturated rings. The molecule has 0 radical (unpaired) electrons. The Morgan fingerprint density at radius 2 is 1.70 bits per heavy atom. The van der Waals surface area contributed by atoms with Gasteiger partial charge in [-0.2, -0.15) is 5.10 Å². The highest BCUT2D eigenvalue weighted by molar-refractivity contribution is 5.88. The van der Waals surface area contributed by atoms with Crippen molar-refractivity contribution in [3.8, 4) is 22.7 Å². The van der Waals surface area contributed by atoms with Crippen LogP contribution in [-0.4, -0.2) is 20.4 Å². The van der Waals surface area contributed by atoms with E-state index >= 15 is 0 Å². The number of para-hydroxylation sites is 1. The van der Waals surface area contributed by atoms with Crippen LogP contribution in [0.3, 0.4) is 0 Å². The number of rotatable bonds is 5. The molecule has 7 heteroatoms. The number of hydrogen-bond acceptors (Lipinski definition) is 4. The van der Waals surface area contributed by atoms with Gasteiger partial charge in [0.15, 0.2) is 0 Å². The van der Waals surface area contributed by atoms with E-state index in [2.05, 4.69) is 19.2 Å². The maximum Gasteiger partial charge on any atom is 0.418 e. The van der Waals surface area contributed by atoms with Gasteiger partial charge >= 0.3 is 6.09 Å². The first-order valence-corrected chi connectivity index (χ1v) is 10.7. The first-order valence-electron chi connectivity index (χ1n) is 10.7. The first-order chi connectivity index (χ1) is 15.8. The van der Waals surface area contributed by atoms with Gasteiger partial charge in [0, 0.05) is 30.4 Å². The Balaban J connectivity index is 1.68. The van der Waals surface area contributed by atoms with E-state index in [4.69, 9.17) is 9.84 Å². The van der Waals surface area contributed by atoms with Gasteiger partial charge in [0.1, 0.15) is 11.6 Å². The average Bonchev–Trinajstić information content (AvgIpc) is 3.12. The predicted octanol–water partition coefficient (Wildman–Crippen LogP) is 5.28. The number of aryl methyl sites for hydroxylation is 1. The minimum atomic E-state index is -0.612. The van der Waals surface area contributed by atoms with Gasteiger partial charge in [0.25, 0.3) is 0 Å². The fraction of sp³-hybridized carbons (Fsp3) is 0.192. The molecular weight excluding hydrogens is 416 g/mol. The highest BCUT2D eigenvalue weighted by atomic mass is 16.6. The number of nitrogens with one attached hydrogen (secondary N) is 1. The molecule has 2 aromatic heterocycles. The predicted molar refractivity (Wildman–Crippen MR) is 129 cm³/mol. The number of amides is 1. The molecule has 168 valence electrons. The molecule has 0 bridgehead atoms. The number of ether oxygens (including phenoxy) is 1. The van der Waals surface area contributed by atoms with Crippen molar-refractivity contribution in [2.24, 2.45) is 7.05 Å². The summed E-state index contributed by atoms with van der Waals surface area (Å²) >= 11 is 0. The van der Waals surface area contributed by atoms with Crippen LogP contribution in [0.1, 0.15) is 30.9 Å². The Bertz CT molecular complexity index is 1340. The molecule has 0 aliphatic heterocycles. The minimum Gasteiger partial charge on any atom is -0.410 e. The van der Waals surface area contributed by atoms with Crippen LogP contribution in [0, 0.1) is 6.92 Å². The van der Waals surface area contributed by atoms with Gasteiger partial charge in [-0.25, -0.2) is 9.48 Å². The van der Waals surface area contributed by atoms with E-state index in [-0.39, 0.29) is 5.56 Å². The molecule has 2 aromatic carbocycles. The van der Waals surface area contributed by atoms with Crippen molar-refractivity contribution >= 4 is 11.9 Å². The molecule has 1 amide bonds. The van der Waals surface area contributed by atoms with Crippen LogP contribution >= 0.6 is 0 Å². The lowest BCUT2D eigenvalue weighted by Crippen LogP contribution is -2.19. The zero-order chi connectivity index (χ0) is 23.5. The normalized spacial score (nSPS) is 10.9. The molecule has 33 heavy (non-hydrogen) atoms. The van der Waals surface area contributed by atoms with Gasteiger partial charge in [-0.1, -0.05) is 44.2 Å². The Hall–Kier alpha value is -4.13. The quantitative estimate of drug-likeness (QED) is 0.456. The van der Waals surface area contributed by atoms with Crippen molar-refractivity contribution < 1.29 is 9.53 Å². The fourth-order valence-electron chi connectivity index (χ4n) is 3.56. The van der Waals surface area contributed by atoms with Crippen molar-refractivity contribution in [1.82, 2.24) is 14.3 Å². The van der Waals surface area contributed by atoms with Crippen molar-refractivity contribution in [3.63, 3.8) is 0 Å². The average molecular weight is 443 g/mol. The molecule has 0 atom stereocenters. The lowest BCUT2D eigenvalue weighted by molar-refractivity contribution is 0.215. The summed E-state index contributed by atoms with van der Waals surface area (Å²) in [5.41, 5.74) is 4.03. The zero-order valence-electron chi connectivity index (χ0n) is 19.1. The number of aromatic nitrogens is 3. The van der Waals surface area contributed by atoms with Gasteiger partial charge < -0.3 is 9.30 Å². The summed E-state index contributed by atoms with van der Waals surface area (Å²) < 4.78 is 8.68. The van der Waals surface area contributed by atoms with Crippen LogP contribution in [0.2, 0.25) is 0 Å². The number of carbonyl (C=O) groups is 1. The number of pyridine rings is 1. The summed E-state index contributed by atoms with van der Waals surface area (Å²) in [6.45, 7) is 6.09. The van der Waals surface area contributed by atoms with Gasteiger partial charge in [-0.3, -0.25) is 10.1 Å². The van der Waals surface area contributed by atoms with E-state index in [1.807, 2.05) is 49.4 Å². The summed E-state index contributed by atoms with van der Waals surface area (Å²) in [6.07, 6.45) is 1.12. The topological polar surface area (TPSA) is 78.2 Å². The monoisotopic (exact) mass is 442 g/mol. The van der Waals surface area contributed by atoms with E-state index in [0.717, 1.165) is 16.8 Å². The van der Waals surface area contributed by atoms with E-state index in [1.165, 1.54) is 16.2 Å². The summed E-state index contributed by atoms with van der Waals surface area (Å²) in [4.78, 5) is 24.6. The van der Waals surface area contributed by atoms with Crippen molar-refractivity contribution in [2.75, 3.05) is 5.32 Å². The molecule has 1 N–H and O–H groups in total. The smallest absolute Gasteiger partial charge is 0.410 e. The Morgan fingerprint density at radius 3 is 2.33 bits per heavy atom. The van der Waals surface area contributed by atoms with E-state index in [9.17, 15) is 9.59 Å². The molecule has 0 aliphatic rings. The number of nitrogens with zero attached hydrogens (tertiary/aromatic N) is 3. The van der Waals surface area contributed by atoms with Gasteiger partial charge in [-0.15, -0.1) is 0 Å². The second kappa shape index (κ2) is 9.16. The highest BCUT2D eigenvalue weighted by Crippen LogP contribution is 2.30. The van der Waals surface area contributed by atoms with Gasteiger partial charge in [0.2, 0.25) is 5.56 Å². The zero-order valence-corrected chi connectivity index (χ0v) is 19.1. The maximum atomic E-state index is 12.8. The molecule has 0 saturated carbocycles. The summed E-state index contributed by atoms with van der Waals surface area (Å²) in [5, 5.41) is 7.59. The standard InChI is InChI=1S/C26H26N4O3/c1-17(2)19-10-13-22(14-11-19)33-26(32)27-25-18(3)24(20-12-15-23(31)29(4)16-20)28-30(25)21-8-6-5-7-9-21/h5-17H,1-4H3,(H,27,32). The van der Waals surface area contributed by atoms with Crippen LogP contribution in [0.15, 0.2) is 77.7 Å². The lowest BCUT2D eigenvalue weighted by atomic mass is 10.0. The maximum absolute atomic E-state index is 12.8. The Kier molecular flexibility index (Phi) is 6.13. The molecule has 0 saturated heterocycles. The van der Waals surface area contributed by atoms with Crippen molar-refractivity contribution in [1.29, 1.82) is 0 Å². The SMILES string of the molecule is Cc1c(-c2ccc(=O)n(C)c2)nn(-c2ccccc2)c1NC(=O)Oc1ccc(C(C)C)cc1. The van der Waals surface area contributed by atoms with Crippen LogP contribution in [-0.2, 0) is 7.05 Å². The van der Waals surface area contributed by atoms with Gasteiger partial charge in [-0.05, 0) is 48.7 Å². The summed E-state index contributed by atoms with van der Waals surface area (Å²) in [5.74, 6) is 1.35. The number of benzene rings is 2. The summed E-state index contributed by atoms with van der Waals surface area (Å²) in [7, 11) is 1.69. The summed E-state index contributed by atoms with van der Waals surface area (Å²) in [6, 6.07) is 20.2. The molecule has 7 nitrogen and oxygen atoms in total. The largest absolute Gasteiger partial charge is 0.418 e. The third-order valence-electron chi connectivity index (χ3n) is 5.46. The number of carbonyl (C=O) groups excluding carboxylic acids is 1. The van der Waals surface area contributed by atoms with Crippen molar-refractivity contribution in [3.05, 3.63) is 94.4 Å². The Morgan fingerprint density at radius 1 is 1.00 bits per heavy atom. The van der Waals surface area contributed by atoms with E-state index < -0.39 is 6.09 Å². The Labute approximate surface area is 192 Å².